The fourth-order valence-electron chi connectivity index (χ4n) is 5.19. The lowest BCUT2D eigenvalue weighted by atomic mass is 10.0. The van der Waals surface area contributed by atoms with Crippen LogP contribution in [0.1, 0.15) is 6.92 Å². The smallest absolute Gasteiger partial charge is 0.142 e. The third-order valence-corrected chi connectivity index (χ3v) is 9.70. The molecule has 3 aromatic carbocycles. The van der Waals surface area contributed by atoms with E-state index in [-0.39, 0.29) is 12.0 Å². The quantitative estimate of drug-likeness (QED) is 0.396. The van der Waals surface area contributed by atoms with Gasteiger partial charge in [-0.25, -0.2) is 0 Å². The monoisotopic (exact) mass is 543 g/mol. The number of rotatable bonds is 5. The molecule has 2 unspecified atom stereocenters. The molecule has 1 heterocycles. The van der Waals surface area contributed by atoms with E-state index in [1.54, 1.807) is 0 Å². The van der Waals surface area contributed by atoms with Gasteiger partial charge in [-0.2, -0.15) is 0 Å². The zero-order valence-corrected chi connectivity index (χ0v) is 23.5. The molecule has 1 aliphatic heterocycles. The molecule has 1 aliphatic carbocycles. The van der Waals surface area contributed by atoms with Crippen molar-refractivity contribution in [3.63, 3.8) is 0 Å². The Morgan fingerprint density at radius 2 is 1.26 bits per heavy atom. The zero-order chi connectivity index (χ0) is 26.7. The summed E-state index contributed by atoms with van der Waals surface area (Å²) in [5, 5.41) is 4.21. The number of hydrogen-bond acceptors (Lipinski definition) is 5. The summed E-state index contributed by atoms with van der Waals surface area (Å²) < 4.78 is 23.6. The molecule has 0 N–H and O–H groups in total. The van der Waals surface area contributed by atoms with Crippen LogP contribution < -0.4 is 20.2 Å². The predicted molar refractivity (Wildman–Crippen MR) is 161 cm³/mol. The Kier molecular flexibility index (Phi) is 10.2. The summed E-state index contributed by atoms with van der Waals surface area (Å²) in [4.78, 5) is 2.45. The fourth-order valence-corrected chi connectivity index (χ4v) is 7.86. The standard InChI is InChI=1S/C33H38NO4P/c1-27(30-15-10-18-33(30)39(28-11-4-2-5-12-28)29-13-6-3-7-14-29)34-19-20-35-21-22-36-23-24-37-25-26-38-32-17-9-8-16-31(32)34/h2-18,27,30H,19-26H2,1H3. The molecule has 204 valence electrons. The molecule has 5 nitrogen and oxygen atoms in total. The molecule has 0 saturated carbocycles. The molecule has 0 radical (unpaired) electrons. The second-order valence-corrected chi connectivity index (χ2v) is 11.8. The van der Waals surface area contributed by atoms with E-state index in [2.05, 4.69) is 109 Å². The minimum absolute atomic E-state index is 0.184. The van der Waals surface area contributed by atoms with Crippen molar-refractivity contribution < 1.29 is 18.9 Å². The third kappa shape index (κ3) is 7.17. The van der Waals surface area contributed by atoms with Crippen LogP contribution in [-0.4, -0.2) is 58.8 Å². The molecule has 0 saturated heterocycles. The zero-order valence-electron chi connectivity index (χ0n) is 22.7. The minimum atomic E-state index is -0.674. The lowest BCUT2D eigenvalue weighted by Crippen LogP contribution is -2.41. The highest BCUT2D eigenvalue weighted by Crippen LogP contribution is 2.51. The van der Waals surface area contributed by atoms with Crippen molar-refractivity contribution in [1.82, 2.24) is 0 Å². The van der Waals surface area contributed by atoms with Crippen LogP contribution in [-0.2, 0) is 14.2 Å². The van der Waals surface area contributed by atoms with E-state index in [0.717, 1.165) is 18.0 Å². The van der Waals surface area contributed by atoms with Crippen molar-refractivity contribution in [3.8, 4) is 5.75 Å². The van der Waals surface area contributed by atoms with Gasteiger partial charge in [-0.3, -0.25) is 0 Å². The molecule has 3 aromatic rings. The summed E-state index contributed by atoms with van der Waals surface area (Å²) in [6, 6.07) is 30.4. The van der Waals surface area contributed by atoms with E-state index in [0.29, 0.717) is 46.2 Å². The Morgan fingerprint density at radius 3 is 1.92 bits per heavy atom. The normalized spacial score (nSPS) is 19.9. The Bertz CT molecular complexity index is 1180. The maximum absolute atomic E-state index is 6.24. The first-order valence-corrected chi connectivity index (χ1v) is 15.2. The van der Waals surface area contributed by atoms with E-state index >= 15 is 0 Å². The molecule has 39 heavy (non-hydrogen) atoms. The summed E-state index contributed by atoms with van der Waals surface area (Å²) in [7, 11) is -0.674. The minimum Gasteiger partial charge on any atom is -0.489 e. The van der Waals surface area contributed by atoms with Crippen LogP contribution in [0.15, 0.2) is 108 Å². The number of para-hydroxylation sites is 2. The van der Waals surface area contributed by atoms with E-state index < -0.39 is 7.92 Å². The number of nitrogens with zero attached hydrogens (tertiary/aromatic N) is 1. The Hall–Kier alpha value is -2.95. The number of anilines is 1. The van der Waals surface area contributed by atoms with Gasteiger partial charge in [-0.05, 0) is 42.9 Å². The molecule has 0 bridgehead atoms. The third-order valence-electron chi connectivity index (χ3n) is 7.11. The molecule has 0 amide bonds. The molecule has 2 aliphatic rings. The first-order chi connectivity index (χ1) is 19.3. The summed E-state index contributed by atoms with van der Waals surface area (Å²) in [5.74, 6) is 1.12. The van der Waals surface area contributed by atoms with Gasteiger partial charge >= 0.3 is 0 Å². The van der Waals surface area contributed by atoms with Crippen molar-refractivity contribution in [3.05, 3.63) is 108 Å². The van der Waals surface area contributed by atoms with Gasteiger partial charge in [0.1, 0.15) is 12.4 Å². The number of hydrogen-bond donors (Lipinski definition) is 0. The first kappa shape index (κ1) is 27.6. The van der Waals surface area contributed by atoms with Gasteiger partial charge in [-0.15, -0.1) is 0 Å². The van der Waals surface area contributed by atoms with Gasteiger partial charge in [0, 0.05) is 18.5 Å². The van der Waals surface area contributed by atoms with E-state index in [9.17, 15) is 0 Å². The second-order valence-electron chi connectivity index (χ2n) is 9.60. The predicted octanol–water partition coefficient (Wildman–Crippen LogP) is 5.53. The number of fused-ring (bicyclic) bond motifs is 1. The van der Waals surface area contributed by atoms with Gasteiger partial charge in [0.2, 0.25) is 0 Å². The summed E-state index contributed by atoms with van der Waals surface area (Å²) in [6.07, 6.45) is 6.94. The Balaban J connectivity index is 1.45. The van der Waals surface area contributed by atoms with Crippen molar-refractivity contribution in [2.75, 3.05) is 57.7 Å². The molecule has 2 atom stereocenters. The van der Waals surface area contributed by atoms with Crippen LogP contribution in [0.3, 0.4) is 0 Å². The maximum atomic E-state index is 6.24. The van der Waals surface area contributed by atoms with Crippen molar-refractivity contribution in [1.29, 1.82) is 0 Å². The van der Waals surface area contributed by atoms with Crippen LogP contribution in [0, 0.1) is 5.92 Å². The van der Waals surface area contributed by atoms with Gasteiger partial charge in [0.05, 0.1) is 45.3 Å². The van der Waals surface area contributed by atoms with E-state index in [1.165, 1.54) is 15.9 Å². The van der Waals surface area contributed by atoms with Crippen molar-refractivity contribution >= 4 is 24.2 Å². The number of benzene rings is 3. The summed E-state index contributed by atoms with van der Waals surface area (Å²) in [5.41, 5.74) is 1.09. The largest absolute Gasteiger partial charge is 0.489 e. The SMILES string of the molecule is CC(C1C=CC=C1P(c1ccccc1)c1ccccc1)N1CCOCCOCCOCCOc2ccccc21. The Labute approximate surface area is 233 Å². The van der Waals surface area contributed by atoms with Crippen LogP contribution in [0.25, 0.3) is 0 Å². The average molecular weight is 544 g/mol. The highest BCUT2D eigenvalue weighted by atomic mass is 31.1. The molecule has 0 aromatic heterocycles. The average Bonchev–Trinajstić information content (AvgIpc) is 3.46. The maximum Gasteiger partial charge on any atom is 0.142 e. The van der Waals surface area contributed by atoms with Gasteiger partial charge in [-0.1, -0.05) is 91.0 Å². The van der Waals surface area contributed by atoms with Crippen LogP contribution >= 0.6 is 7.92 Å². The fraction of sp³-hybridized carbons (Fsp3) is 0.333. The Morgan fingerprint density at radius 1 is 0.692 bits per heavy atom. The van der Waals surface area contributed by atoms with Crippen molar-refractivity contribution in [2.45, 2.75) is 13.0 Å². The van der Waals surface area contributed by atoms with Crippen LogP contribution in [0.5, 0.6) is 5.75 Å². The molecule has 5 rings (SSSR count). The molecule has 0 spiro atoms. The molecular formula is C33H38NO4P. The highest BCUT2D eigenvalue weighted by Gasteiger charge is 2.33. The lowest BCUT2D eigenvalue weighted by molar-refractivity contribution is 0.0109. The van der Waals surface area contributed by atoms with Crippen LogP contribution in [0.4, 0.5) is 5.69 Å². The topological polar surface area (TPSA) is 40.2 Å². The molecular weight excluding hydrogens is 505 g/mol. The summed E-state index contributed by atoms with van der Waals surface area (Å²) in [6.45, 7) is 6.99. The number of allylic oxidation sites excluding steroid dienone is 2. The molecule has 6 heteroatoms. The second kappa shape index (κ2) is 14.4. The molecule has 0 fully saturated rings. The van der Waals surface area contributed by atoms with Gasteiger partial charge < -0.3 is 23.8 Å². The number of ether oxygens (including phenoxy) is 4. The lowest BCUT2D eigenvalue weighted by Gasteiger charge is -2.38. The summed E-state index contributed by atoms with van der Waals surface area (Å²) >= 11 is 0. The highest BCUT2D eigenvalue weighted by molar-refractivity contribution is 7.76. The van der Waals surface area contributed by atoms with Gasteiger partial charge in [0.15, 0.2) is 0 Å². The van der Waals surface area contributed by atoms with Gasteiger partial charge in [0.25, 0.3) is 0 Å². The van der Waals surface area contributed by atoms with E-state index in [4.69, 9.17) is 18.9 Å². The van der Waals surface area contributed by atoms with E-state index in [1.807, 2.05) is 6.07 Å². The first-order valence-electron chi connectivity index (χ1n) is 13.8. The van der Waals surface area contributed by atoms with Crippen molar-refractivity contribution in [2.24, 2.45) is 5.92 Å². The van der Waals surface area contributed by atoms with Crippen LogP contribution in [0.2, 0.25) is 0 Å².